The lowest BCUT2D eigenvalue weighted by Gasteiger charge is -2.13. The molecule has 33 heavy (non-hydrogen) atoms. The lowest BCUT2D eigenvalue weighted by Crippen LogP contribution is -2.25. The third-order valence-electron chi connectivity index (χ3n) is 5.36. The third kappa shape index (κ3) is 5.46. The van der Waals surface area contributed by atoms with Gasteiger partial charge in [0.1, 0.15) is 12.4 Å². The van der Waals surface area contributed by atoms with Gasteiger partial charge in [0.25, 0.3) is 5.91 Å². The number of rotatable bonds is 10. The average molecular weight is 464 g/mol. The minimum Gasteiger partial charge on any atom is -0.493 e. The molecular weight excluding hydrogens is 438 g/mol. The Bertz CT molecular complexity index is 1240. The van der Waals surface area contributed by atoms with E-state index in [0.29, 0.717) is 41.8 Å². The maximum Gasteiger partial charge on any atom is 0.252 e. The SMILES string of the molecule is COc1ccccc1OCCn1c(CCCNC(=O)c2ccccc2Cl)nc2ccccc21. The van der Waals surface area contributed by atoms with Crippen LogP contribution in [-0.4, -0.2) is 35.7 Å². The number of ether oxygens (including phenoxy) is 2. The van der Waals surface area contributed by atoms with Crippen LogP contribution in [0.5, 0.6) is 11.5 Å². The molecule has 6 nitrogen and oxygen atoms in total. The van der Waals surface area contributed by atoms with E-state index in [-0.39, 0.29) is 5.91 Å². The second-order valence-electron chi connectivity index (χ2n) is 7.51. The Morgan fingerprint density at radius 2 is 1.73 bits per heavy atom. The largest absolute Gasteiger partial charge is 0.493 e. The Labute approximate surface area is 198 Å². The van der Waals surface area contributed by atoms with Crippen molar-refractivity contribution in [2.45, 2.75) is 19.4 Å². The summed E-state index contributed by atoms with van der Waals surface area (Å²) < 4.78 is 13.5. The number of hydrogen-bond donors (Lipinski definition) is 1. The van der Waals surface area contributed by atoms with Crippen molar-refractivity contribution >= 4 is 28.5 Å². The predicted molar refractivity (Wildman–Crippen MR) is 130 cm³/mol. The second-order valence-corrected chi connectivity index (χ2v) is 7.91. The molecule has 7 heteroatoms. The molecule has 1 aromatic heterocycles. The van der Waals surface area contributed by atoms with Crippen molar-refractivity contribution in [1.29, 1.82) is 0 Å². The van der Waals surface area contributed by atoms with Gasteiger partial charge in [-0.3, -0.25) is 4.79 Å². The van der Waals surface area contributed by atoms with Crippen molar-refractivity contribution in [3.63, 3.8) is 0 Å². The highest BCUT2D eigenvalue weighted by atomic mass is 35.5. The highest BCUT2D eigenvalue weighted by Crippen LogP contribution is 2.26. The quantitative estimate of drug-likeness (QED) is 0.331. The first-order valence-corrected chi connectivity index (χ1v) is 11.3. The molecule has 4 rings (SSSR count). The molecule has 4 aromatic rings. The van der Waals surface area contributed by atoms with Gasteiger partial charge in [-0.05, 0) is 42.8 Å². The molecule has 3 aromatic carbocycles. The zero-order valence-electron chi connectivity index (χ0n) is 18.5. The number of methoxy groups -OCH3 is 1. The molecule has 0 saturated heterocycles. The maximum atomic E-state index is 12.4. The Kier molecular flexibility index (Phi) is 7.47. The highest BCUT2D eigenvalue weighted by molar-refractivity contribution is 6.33. The number of hydrogen-bond acceptors (Lipinski definition) is 4. The average Bonchev–Trinajstić information content (AvgIpc) is 3.19. The number of para-hydroxylation sites is 4. The van der Waals surface area contributed by atoms with Gasteiger partial charge in [0.2, 0.25) is 0 Å². The van der Waals surface area contributed by atoms with E-state index in [9.17, 15) is 4.79 Å². The second kappa shape index (κ2) is 10.9. The normalized spacial score (nSPS) is 10.8. The van der Waals surface area contributed by atoms with Crippen molar-refractivity contribution in [3.05, 3.63) is 89.2 Å². The Hall–Kier alpha value is -3.51. The topological polar surface area (TPSA) is 65.4 Å². The summed E-state index contributed by atoms with van der Waals surface area (Å²) in [4.78, 5) is 17.2. The fraction of sp³-hybridized carbons (Fsp3) is 0.231. The first-order valence-electron chi connectivity index (χ1n) is 10.9. The van der Waals surface area contributed by atoms with E-state index in [2.05, 4.69) is 16.0 Å². The molecule has 1 heterocycles. The molecule has 170 valence electrons. The van der Waals surface area contributed by atoms with Crippen LogP contribution in [0.3, 0.4) is 0 Å². The van der Waals surface area contributed by atoms with Crippen molar-refractivity contribution in [1.82, 2.24) is 14.9 Å². The number of aromatic nitrogens is 2. The van der Waals surface area contributed by atoms with E-state index >= 15 is 0 Å². The zero-order valence-corrected chi connectivity index (χ0v) is 19.2. The van der Waals surface area contributed by atoms with E-state index in [1.807, 2.05) is 42.5 Å². The van der Waals surface area contributed by atoms with E-state index in [1.165, 1.54) is 0 Å². The fourth-order valence-electron chi connectivity index (χ4n) is 3.74. The summed E-state index contributed by atoms with van der Waals surface area (Å²) in [6, 6.07) is 22.7. The first-order chi connectivity index (χ1) is 16.2. The van der Waals surface area contributed by atoms with Gasteiger partial charge in [-0.25, -0.2) is 4.98 Å². The maximum absolute atomic E-state index is 12.4. The van der Waals surface area contributed by atoms with Gasteiger partial charge >= 0.3 is 0 Å². The van der Waals surface area contributed by atoms with Gasteiger partial charge in [0.15, 0.2) is 11.5 Å². The van der Waals surface area contributed by atoms with Gasteiger partial charge in [-0.15, -0.1) is 0 Å². The number of carbonyl (C=O) groups excluding carboxylic acids is 1. The van der Waals surface area contributed by atoms with Crippen LogP contribution in [0, 0.1) is 0 Å². The highest BCUT2D eigenvalue weighted by Gasteiger charge is 2.12. The molecular formula is C26H26ClN3O3. The number of carbonyl (C=O) groups is 1. The molecule has 0 radical (unpaired) electrons. The molecule has 0 bridgehead atoms. The molecule has 0 aliphatic heterocycles. The Balaban J connectivity index is 1.38. The summed E-state index contributed by atoms with van der Waals surface area (Å²) >= 11 is 6.11. The summed E-state index contributed by atoms with van der Waals surface area (Å²) in [5.74, 6) is 2.22. The number of benzene rings is 3. The van der Waals surface area contributed by atoms with Crippen molar-refractivity contribution in [2.24, 2.45) is 0 Å². The summed E-state index contributed by atoms with van der Waals surface area (Å²) in [6.07, 6.45) is 1.49. The van der Waals surface area contributed by atoms with Gasteiger partial charge in [0, 0.05) is 13.0 Å². The van der Waals surface area contributed by atoms with Crippen LogP contribution in [0.15, 0.2) is 72.8 Å². The minimum absolute atomic E-state index is 0.167. The van der Waals surface area contributed by atoms with E-state index in [4.69, 9.17) is 26.1 Å². The smallest absolute Gasteiger partial charge is 0.252 e. The number of nitrogens with one attached hydrogen (secondary N) is 1. The molecule has 0 spiro atoms. The van der Waals surface area contributed by atoms with E-state index < -0.39 is 0 Å². The standard InChI is InChI=1S/C26H26ClN3O3/c1-32-23-13-6-7-14-24(23)33-18-17-30-22-12-5-4-11-21(22)29-25(30)15-8-16-28-26(31)19-9-2-3-10-20(19)27/h2-7,9-14H,8,15-18H2,1H3,(H,28,31). The fourth-order valence-corrected chi connectivity index (χ4v) is 3.96. The van der Waals surface area contributed by atoms with Crippen molar-refractivity contribution < 1.29 is 14.3 Å². The van der Waals surface area contributed by atoms with Crippen LogP contribution >= 0.6 is 11.6 Å². The van der Waals surface area contributed by atoms with E-state index in [1.54, 1.807) is 31.4 Å². The molecule has 0 atom stereocenters. The molecule has 1 N–H and O–H groups in total. The lowest BCUT2D eigenvalue weighted by atomic mass is 10.2. The molecule has 0 unspecified atom stereocenters. The van der Waals surface area contributed by atoms with Gasteiger partial charge in [0.05, 0.1) is 35.3 Å². The van der Waals surface area contributed by atoms with Crippen molar-refractivity contribution in [2.75, 3.05) is 20.3 Å². The lowest BCUT2D eigenvalue weighted by molar-refractivity contribution is 0.0953. The predicted octanol–water partition coefficient (Wildman–Crippen LogP) is 5.14. The summed E-state index contributed by atoms with van der Waals surface area (Å²) in [5.41, 5.74) is 2.50. The molecule has 0 saturated carbocycles. The monoisotopic (exact) mass is 463 g/mol. The first kappa shape index (κ1) is 22.7. The molecule has 0 aliphatic carbocycles. The Morgan fingerprint density at radius 3 is 2.55 bits per heavy atom. The molecule has 0 fully saturated rings. The van der Waals surface area contributed by atoms with Crippen LogP contribution in [0.2, 0.25) is 5.02 Å². The van der Waals surface area contributed by atoms with Crippen molar-refractivity contribution in [3.8, 4) is 11.5 Å². The number of imidazole rings is 1. The Morgan fingerprint density at radius 1 is 1.00 bits per heavy atom. The van der Waals surface area contributed by atoms with Crippen LogP contribution in [0.4, 0.5) is 0 Å². The zero-order chi connectivity index (χ0) is 23.0. The number of halogens is 1. The van der Waals surface area contributed by atoms with Gasteiger partial charge < -0.3 is 19.4 Å². The number of amides is 1. The number of aryl methyl sites for hydroxylation is 1. The number of nitrogens with zero attached hydrogens (tertiary/aromatic N) is 2. The minimum atomic E-state index is -0.167. The molecule has 0 aliphatic rings. The van der Waals surface area contributed by atoms with Crippen LogP contribution in [-0.2, 0) is 13.0 Å². The summed E-state index contributed by atoms with van der Waals surface area (Å²) in [5, 5.41) is 3.39. The number of fused-ring (bicyclic) bond motifs is 1. The summed E-state index contributed by atoms with van der Waals surface area (Å²) in [7, 11) is 1.63. The molecule has 1 amide bonds. The van der Waals surface area contributed by atoms with Gasteiger partial charge in [-0.2, -0.15) is 0 Å². The van der Waals surface area contributed by atoms with Crippen LogP contribution in [0.25, 0.3) is 11.0 Å². The van der Waals surface area contributed by atoms with Crippen LogP contribution in [0.1, 0.15) is 22.6 Å². The van der Waals surface area contributed by atoms with Crippen LogP contribution < -0.4 is 14.8 Å². The van der Waals surface area contributed by atoms with E-state index in [0.717, 1.165) is 29.7 Å². The third-order valence-corrected chi connectivity index (χ3v) is 5.69. The van der Waals surface area contributed by atoms with Gasteiger partial charge in [-0.1, -0.05) is 48.0 Å². The summed E-state index contributed by atoms with van der Waals surface area (Å²) in [6.45, 7) is 1.67.